The molecular weight excluding hydrogens is 176 g/mol. The van der Waals surface area contributed by atoms with Gasteiger partial charge in [0.15, 0.2) is 0 Å². The Kier molecular flexibility index (Phi) is 4.85. The van der Waals surface area contributed by atoms with Crippen LogP contribution in [0.15, 0.2) is 12.2 Å². The summed E-state index contributed by atoms with van der Waals surface area (Å²) in [6.45, 7) is 10.2. The van der Waals surface area contributed by atoms with Gasteiger partial charge in [0, 0.05) is 25.6 Å². The van der Waals surface area contributed by atoms with E-state index in [1.807, 2.05) is 20.8 Å². The van der Waals surface area contributed by atoms with Crippen molar-refractivity contribution in [3.63, 3.8) is 0 Å². The van der Waals surface area contributed by atoms with Crippen LogP contribution >= 0.6 is 0 Å². The first-order valence-corrected chi connectivity index (χ1v) is 4.89. The number of rotatable bonds is 5. The van der Waals surface area contributed by atoms with Crippen LogP contribution in [0.25, 0.3) is 0 Å². The topological polar surface area (TPSA) is 46.3 Å². The highest BCUT2D eigenvalue weighted by molar-refractivity contribution is 5.76. The lowest BCUT2D eigenvalue weighted by molar-refractivity contribution is -0.129. The number of carbonyl (C=O) groups excluding carboxylic acids is 1. The van der Waals surface area contributed by atoms with E-state index in [0.717, 1.165) is 5.57 Å². The van der Waals surface area contributed by atoms with Crippen molar-refractivity contribution in [1.82, 2.24) is 4.90 Å². The summed E-state index contributed by atoms with van der Waals surface area (Å²) >= 11 is 0. The Morgan fingerprint density at radius 3 is 2.36 bits per heavy atom. The molecule has 0 aromatic carbocycles. The predicted molar refractivity (Wildman–Crippen MR) is 60.0 cm³/mol. The summed E-state index contributed by atoms with van der Waals surface area (Å²) < 4.78 is 0. The maximum Gasteiger partial charge on any atom is 0.222 e. The summed E-state index contributed by atoms with van der Waals surface area (Å²) in [5, 5.41) is 0. The number of hydrogen-bond acceptors (Lipinski definition) is 2. The van der Waals surface area contributed by atoms with Crippen LogP contribution in [0.4, 0.5) is 0 Å². The first kappa shape index (κ1) is 13.2. The minimum absolute atomic E-state index is 0.131. The van der Waals surface area contributed by atoms with Gasteiger partial charge in [-0.05, 0) is 27.2 Å². The summed E-state index contributed by atoms with van der Waals surface area (Å²) in [6.07, 6.45) is 1.22. The quantitative estimate of drug-likeness (QED) is 0.681. The summed E-state index contributed by atoms with van der Waals surface area (Å²) in [7, 11) is 1.79. The molecule has 2 N–H and O–H groups in total. The van der Waals surface area contributed by atoms with Crippen LogP contribution in [-0.2, 0) is 4.79 Å². The van der Waals surface area contributed by atoms with E-state index in [-0.39, 0.29) is 11.4 Å². The van der Waals surface area contributed by atoms with Crippen LogP contribution in [0.5, 0.6) is 0 Å². The zero-order valence-electron chi connectivity index (χ0n) is 9.76. The second-order valence-electron chi connectivity index (χ2n) is 4.70. The molecule has 3 heteroatoms. The molecule has 0 atom stereocenters. The molecule has 3 nitrogen and oxygen atoms in total. The SMILES string of the molecule is C=C(C)CN(C)C(=O)CCC(C)(C)N. The Morgan fingerprint density at radius 2 is 2.00 bits per heavy atom. The van der Waals surface area contributed by atoms with Gasteiger partial charge in [-0.25, -0.2) is 0 Å². The number of hydrogen-bond donors (Lipinski definition) is 1. The second-order valence-corrected chi connectivity index (χ2v) is 4.70. The second kappa shape index (κ2) is 5.15. The minimum atomic E-state index is -0.264. The number of nitrogens with two attached hydrogens (primary N) is 1. The number of likely N-dealkylation sites (N-methyl/N-ethyl adjacent to an activating group) is 1. The van der Waals surface area contributed by atoms with Crippen molar-refractivity contribution in [2.24, 2.45) is 5.73 Å². The van der Waals surface area contributed by atoms with Crippen molar-refractivity contribution in [2.45, 2.75) is 39.2 Å². The first-order valence-electron chi connectivity index (χ1n) is 4.89. The van der Waals surface area contributed by atoms with E-state index in [9.17, 15) is 4.79 Å². The molecule has 0 saturated heterocycles. The molecule has 0 aliphatic heterocycles. The van der Waals surface area contributed by atoms with Crippen molar-refractivity contribution < 1.29 is 4.79 Å². The van der Waals surface area contributed by atoms with Crippen molar-refractivity contribution in [3.05, 3.63) is 12.2 Å². The van der Waals surface area contributed by atoms with Gasteiger partial charge in [-0.3, -0.25) is 4.79 Å². The summed E-state index contributed by atoms with van der Waals surface area (Å²) in [4.78, 5) is 13.2. The van der Waals surface area contributed by atoms with E-state index in [4.69, 9.17) is 5.73 Å². The van der Waals surface area contributed by atoms with Crippen LogP contribution in [0.2, 0.25) is 0 Å². The van der Waals surface area contributed by atoms with Gasteiger partial charge in [-0.1, -0.05) is 12.2 Å². The molecule has 14 heavy (non-hydrogen) atoms. The zero-order valence-corrected chi connectivity index (χ0v) is 9.76. The van der Waals surface area contributed by atoms with Gasteiger partial charge in [0.05, 0.1) is 0 Å². The summed E-state index contributed by atoms with van der Waals surface area (Å²) in [5.74, 6) is 0.131. The number of amides is 1. The average molecular weight is 198 g/mol. The molecule has 0 heterocycles. The molecule has 0 aromatic rings. The molecular formula is C11H22N2O. The van der Waals surface area contributed by atoms with Crippen LogP contribution in [0, 0.1) is 0 Å². The molecule has 0 radical (unpaired) electrons. The maximum absolute atomic E-state index is 11.6. The van der Waals surface area contributed by atoms with Crippen LogP contribution in [0.1, 0.15) is 33.6 Å². The lowest BCUT2D eigenvalue weighted by Gasteiger charge is -2.21. The first-order chi connectivity index (χ1) is 6.22. The van der Waals surface area contributed by atoms with E-state index in [1.165, 1.54) is 0 Å². The Hall–Kier alpha value is -0.830. The zero-order chi connectivity index (χ0) is 11.4. The average Bonchev–Trinajstić information content (AvgIpc) is 1.97. The highest BCUT2D eigenvalue weighted by atomic mass is 16.2. The van der Waals surface area contributed by atoms with Crippen molar-refractivity contribution in [3.8, 4) is 0 Å². The Bertz CT molecular complexity index is 216. The molecule has 0 aliphatic carbocycles. The van der Waals surface area contributed by atoms with Crippen LogP contribution in [0.3, 0.4) is 0 Å². The third kappa shape index (κ3) is 6.66. The van der Waals surface area contributed by atoms with Crippen LogP contribution in [-0.4, -0.2) is 29.9 Å². The Labute approximate surface area is 87.0 Å². The van der Waals surface area contributed by atoms with E-state index >= 15 is 0 Å². The van der Waals surface area contributed by atoms with Gasteiger partial charge < -0.3 is 10.6 Å². The third-order valence-corrected chi connectivity index (χ3v) is 1.92. The number of carbonyl (C=O) groups is 1. The predicted octanol–water partition coefficient (Wildman–Crippen LogP) is 1.54. The van der Waals surface area contributed by atoms with Crippen molar-refractivity contribution in [1.29, 1.82) is 0 Å². The Morgan fingerprint density at radius 1 is 1.50 bits per heavy atom. The monoisotopic (exact) mass is 198 g/mol. The largest absolute Gasteiger partial charge is 0.342 e. The molecule has 0 fully saturated rings. The molecule has 0 rings (SSSR count). The van der Waals surface area contributed by atoms with E-state index in [0.29, 0.717) is 19.4 Å². The van der Waals surface area contributed by atoms with E-state index in [1.54, 1.807) is 11.9 Å². The van der Waals surface area contributed by atoms with Crippen LogP contribution < -0.4 is 5.73 Å². The molecule has 1 amide bonds. The number of nitrogens with zero attached hydrogens (tertiary/aromatic N) is 1. The summed E-state index contributed by atoms with van der Waals surface area (Å²) in [6, 6.07) is 0. The van der Waals surface area contributed by atoms with Gasteiger partial charge in [0.2, 0.25) is 5.91 Å². The van der Waals surface area contributed by atoms with Gasteiger partial charge in [0.1, 0.15) is 0 Å². The lowest BCUT2D eigenvalue weighted by Crippen LogP contribution is -2.35. The van der Waals surface area contributed by atoms with Gasteiger partial charge in [-0.2, -0.15) is 0 Å². The third-order valence-electron chi connectivity index (χ3n) is 1.92. The van der Waals surface area contributed by atoms with Crippen molar-refractivity contribution in [2.75, 3.05) is 13.6 Å². The van der Waals surface area contributed by atoms with Gasteiger partial charge >= 0.3 is 0 Å². The maximum atomic E-state index is 11.6. The van der Waals surface area contributed by atoms with E-state index in [2.05, 4.69) is 6.58 Å². The molecule has 0 bridgehead atoms. The molecule has 0 spiro atoms. The molecule has 0 saturated carbocycles. The molecule has 82 valence electrons. The highest BCUT2D eigenvalue weighted by Crippen LogP contribution is 2.08. The molecule has 0 unspecified atom stereocenters. The smallest absolute Gasteiger partial charge is 0.222 e. The standard InChI is InChI=1S/C11H22N2O/c1-9(2)8-13(5)10(14)6-7-11(3,4)12/h1,6-8,12H2,2-5H3. The molecule has 0 aromatic heterocycles. The van der Waals surface area contributed by atoms with Gasteiger partial charge in [-0.15, -0.1) is 0 Å². The fourth-order valence-corrected chi connectivity index (χ4v) is 1.11. The van der Waals surface area contributed by atoms with Crippen molar-refractivity contribution >= 4 is 5.91 Å². The van der Waals surface area contributed by atoms with E-state index < -0.39 is 0 Å². The fourth-order valence-electron chi connectivity index (χ4n) is 1.11. The summed E-state index contributed by atoms with van der Waals surface area (Å²) in [5.41, 5.74) is 6.53. The molecule has 0 aliphatic rings. The highest BCUT2D eigenvalue weighted by Gasteiger charge is 2.15. The van der Waals surface area contributed by atoms with Gasteiger partial charge in [0.25, 0.3) is 0 Å². The minimum Gasteiger partial charge on any atom is -0.342 e. The normalized spacial score (nSPS) is 11.2. The fraction of sp³-hybridized carbons (Fsp3) is 0.727. The Balaban J connectivity index is 3.91. The lowest BCUT2D eigenvalue weighted by atomic mass is 10.00.